The Kier molecular flexibility index (Phi) is 4.66. The van der Waals surface area contributed by atoms with E-state index < -0.39 is 0 Å². The normalized spacial score (nSPS) is 10.4. The second-order valence-corrected chi connectivity index (χ2v) is 3.73. The monoisotopic (exact) mass is 214 g/mol. The highest BCUT2D eigenvalue weighted by atomic mass is 35.5. The van der Waals surface area contributed by atoms with Crippen LogP contribution in [0, 0.1) is 0 Å². The molecule has 0 spiro atoms. The van der Waals surface area contributed by atoms with Crippen LogP contribution in [0.1, 0.15) is 24.8 Å². The molecule has 14 heavy (non-hydrogen) atoms. The van der Waals surface area contributed by atoms with Gasteiger partial charge in [-0.25, -0.2) is 0 Å². The summed E-state index contributed by atoms with van der Waals surface area (Å²) in [7, 11) is 1.87. The highest BCUT2D eigenvalue weighted by molar-refractivity contribution is 6.17. The van der Waals surface area contributed by atoms with E-state index in [2.05, 4.69) is 5.10 Å². The lowest BCUT2D eigenvalue weighted by Gasteiger charge is -1.97. The van der Waals surface area contributed by atoms with Crippen molar-refractivity contribution in [2.75, 3.05) is 5.88 Å². The first kappa shape index (κ1) is 11.2. The van der Waals surface area contributed by atoms with Gasteiger partial charge in [0.05, 0.1) is 6.20 Å². The van der Waals surface area contributed by atoms with Gasteiger partial charge in [0.25, 0.3) is 0 Å². The number of ketones is 1. The van der Waals surface area contributed by atoms with Gasteiger partial charge < -0.3 is 0 Å². The summed E-state index contributed by atoms with van der Waals surface area (Å²) < 4.78 is 1.75. The predicted octanol–water partition coefficient (Wildman–Crippen LogP) is 1.94. The van der Waals surface area contributed by atoms with E-state index in [0.717, 1.165) is 18.4 Å². The standard InChI is InChI=1S/C10H15ClN2O/c1-13-8-9(7-12-13)4-5-10(14)3-2-6-11/h7-8H,2-6H2,1H3. The number of halogens is 1. The van der Waals surface area contributed by atoms with Gasteiger partial charge in [-0.3, -0.25) is 9.48 Å². The molecule has 0 aliphatic carbocycles. The fourth-order valence-electron chi connectivity index (χ4n) is 1.27. The van der Waals surface area contributed by atoms with Crippen molar-refractivity contribution in [2.24, 2.45) is 7.05 Å². The number of nitrogens with zero attached hydrogens (tertiary/aromatic N) is 2. The maximum absolute atomic E-state index is 11.3. The number of rotatable bonds is 6. The van der Waals surface area contributed by atoms with E-state index in [-0.39, 0.29) is 5.78 Å². The lowest BCUT2D eigenvalue weighted by molar-refractivity contribution is -0.119. The van der Waals surface area contributed by atoms with Crippen LogP contribution >= 0.6 is 11.6 Å². The quantitative estimate of drug-likeness (QED) is 0.679. The van der Waals surface area contributed by atoms with E-state index in [0.29, 0.717) is 18.7 Å². The van der Waals surface area contributed by atoms with Crippen molar-refractivity contribution >= 4 is 17.4 Å². The Morgan fingerprint density at radius 1 is 1.57 bits per heavy atom. The molecule has 3 nitrogen and oxygen atoms in total. The molecule has 0 amide bonds. The van der Waals surface area contributed by atoms with Crippen molar-refractivity contribution in [3.63, 3.8) is 0 Å². The Morgan fingerprint density at radius 2 is 2.36 bits per heavy atom. The summed E-state index contributed by atoms with van der Waals surface area (Å²) in [6.07, 6.45) is 6.51. The highest BCUT2D eigenvalue weighted by Gasteiger charge is 2.03. The molecule has 0 aliphatic rings. The molecule has 0 saturated heterocycles. The number of Topliss-reactive ketones (excluding diaryl/α,β-unsaturated/α-hetero) is 1. The van der Waals surface area contributed by atoms with E-state index in [1.54, 1.807) is 10.9 Å². The molecule has 0 aliphatic heterocycles. The summed E-state index contributed by atoms with van der Waals surface area (Å²) in [5.41, 5.74) is 1.12. The van der Waals surface area contributed by atoms with E-state index in [4.69, 9.17) is 11.6 Å². The molecule has 0 N–H and O–H groups in total. The molecule has 1 aromatic rings. The first-order chi connectivity index (χ1) is 6.72. The lowest BCUT2D eigenvalue weighted by atomic mass is 10.1. The number of aryl methyl sites for hydroxylation is 2. The number of aromatic nitrogens is 2. The minimum absolute atomic E-state index is 0.287. The van der Waals surface area contributed by atoms with Crippen LogP contribution in [0.15, 0.2) is 12.4 Å². The Bertz CT molecular complexity index is 296. The van der Waals surface area contributed by atoms with Gasteiger partial charge in [0.1, 0.15) is 5.78 Å². The largest absolute Gasteiger partial charge is 0.300 e. The molecular formula is C10H15ClN2O. The molecule has 0 fully saturated rings. The van der Waals surface area contributed by atoms with E-state index >= 15 is 0 Å². The fourth-order valence-corrected chi connectivity index (χ4v) is 1.41. The van der Waals surface area contributed by atoms with Crippen LogP contribution in [0.2, 0.25) is 0 Å². The van der Waals surface area contributed by atoms with Crippen molar-refractivity contribution in [3.8, 4) is 0 Å². The third-order valence-corrected chi connectivity index (χ3v) is 2.31. The van der Waals surface area contributed by atoms with Crippen LogP contribution in [0.3, 0.4) is 0 Å². The predicted molar refractivity (Wildman–Crippen MR) is 56.5 cm³/mol. The molecule has 78 valence electrons. The minimum atomic E-state index is 0.287. The summed E-state index contributed by atoms with van der Waals surface area (Å²) in [6.45, 7) is 0. The maximum atomic E-state index is 11.3. The summed E-state index contributed by atoms with van der Waals surface area (Å²) in [6, 6.07) is 0. The summed E-state index contributed by atoms with van der Waals surface area (Å²) in [4.78, 5) is 11.3. The molecule has 1 heterocycles. The topological polar surface area (TPSA) is 34.9 Å². The number of carbonyl (C=O) groups is 1. The average Bonchev–Trinajstić information content (AvgIpc) is 2.58. The van der Waals surface area contributed by atoms with Crippen molar-refractivity contribution in [1.29, 1.82) is 0 Å². The SMILES string of the molecule is Cn1cc(CCC(=O)CCCCl)cn1. The minimum Gasteiger partial charge on any atom is -0.300 e. The second kappa shape index (κ2) is 5.81. The summed E-state index contributed by atoms with van der Waals surface area (Å²) in [5, 5.41) is 4.04. The highest BCUT2D eigenvalue weighted by Crippen LogP contribution is 2.04. The molecular weight excluding hydrogens is 200 g/mol. The Balaban J connectivity index is 2.23. The van der Waals surface area contributed by atoms with Crippen LogP contribution in [-0.4, -0.2) is 21.4 Å². The van der Waals surface area contributed by atoms with Gasteiger partial charge in [-0.15, -0.1) is 11.6 Å². The van der Waals surface area contributed by atoms with E-state index in [1.165, 1.54) is 0 Å². The molecule has 4 heteroatoms. The summed E-state index contributed by atoms with van der Waals surface area (Å²) in [5.74, 6) is 0.855. The summed E-state index contributed by atoms with van der Waals surface area (Å²) >= 11 is 5.50. The Hall–Kier alpha value is -0.830. The lowest BCUT2D eigenvalue weighted by Crippen LogP contribution is -2.00. The van der Waals surface area contributed by atoms with Crippen LogP contribution in [0.4, 0.5) is 0 Å². The molecule has 0 unspecified atom stereocenters. The van der Waals surface area contributed by atoms with Gasteiger partial charge in [-0.2, -0.15) is 5.10 Å². The first-order valence-electron chi connectivity index (χ1n) is 4.77. The van der Waals surface area contributed by atoms with Gasteiger partial charge in [-0.05, 0) is 18.4 Å². The number of carbonyl (C=O) groups excluding carboxylic acids is 1. The van der Waals surface area contributed by atoms with Gasteiger partial charge >= 0.3 is 0 Å². The van der Waals surface area contributed by atoms with Gasteiger partial charge in [0, 0.05) is 32.0 Å². The Labute approximate surface area is 89.1 Å². The van der Waals surface area contributed by atoms with Gasteiger partial charge in [0.2, 0.25) is 0 Å². The van der Waals surface area contributed by atoms with Crippen LogP contribution in [-0.2, 0) is 18.3 Å². The zero-order valence-corrected chi connectivity index (χ0v) is 9.13. The average molecular weight is 215 g/mol. The third kappa shape index (κ3) is 3.92. The molecule has 0 bridgehead atoms. The van der Waals surface area contributed by atoms with Crippen LogP contribution < -0.4 is 0 Å². The molecule has 1 aromatic heterocycles. The molecule has 0 saturated carbocycles. The molecule has 0 radical (unpaired) electrons. The number of hydrogen-bond donors (Lipinski definition) is 0. The number of alkyl halides is 1. The van der Waals surface area contributed by atoms with Crippen molar-refractivity contribution in [1.82, 2.24) is 9.78 Å². The van der Waals surface area contributed by atoms with Crippen molar-refractivity contribution < 1.29 is 4.79 Å². The van der Waals surface area contributed by atoms with E-state index in [1.807, 2.05) is 13.2 Å². The van der Waals surface area contributed by atoms with Crippen LogP contribution in [0.25, 0.3) is 0 Å². The number of hydrogen-bond acceptors (Lipinski definition) is 2. The third-order valence-electron chi connectivity index (χ3n) is 2.04. The molecule has 1 rings (SSSR count). The maximum Gasteiger partial charge on any atom is 0.133 e. The Morgan fingerprint density at radius 3 is 2.93 bits per heavy atom. The fraction of sp³-hybridized carbons (Fsp3) is 0.600. The smallest absolute Gasteiger partial charge is 0.133 e. The zero-order valence-electron chi connectivity index (χ0n) is 8.37. The van der Waals surface area contributed by atoms with Crippen LogP contribution in [0.5, 0.6) is 0 Å². The zero-order chi connectivity index (χ0) is 10.4. The van der Waals surface area contributed by atoms with Crippen molar-refractivity contribution in [2.45, 2.75) is 25.7 Å². The second-order valence-electron chi connectivity index (χ2n) is 3.35. The van der Waals surface area contributed by atoms with Gasteiger partial charge in [-0.1, -0.05) is 0 Å². The molecule has 0 aromatic carbocycles. The molecule has 0 atom stereocenters. The van der Waals surface area contributed by atoms with Crippen molar-refractivity contribution in [3.05, 3.63) is 18.0 Å². The van der Waals surface area contributed by atoms with E-state index in [9.17, 15) is 4.79 Å². The van der Waals surface area contributed by atoms with Gasteiger partial charge in [0.15, 0.2) is 0 Å². The first-order valence-corrected chi connectivity index (χ1v) is 5.31.